The van der Waals surface area contributed by atoms with E-state index in [9.17, 15) is 13.2 Å². The van der Waals surface area contributed by atoms with Crippen LogP contribution in [0.15, 0.2) is 89.8 Å². The molecule has 3 aromatic carbocycles. The molecular weight excluding hydrogens is 384 g/mol. The molecule has 150 valence electrons. The number of rotatable bonds is 7. The van der Waals surface area contributed by atoms with Gasteiger partial charge in [0.25, 0.3) is 5.91 Å². The summed E-state index contributed by atoms with van der Waals surface area (Å²) in [4.78, 5) is 13.2. The fraction of sp³-hybridized carbons (Fsp3) is 0.174. The van der Waals surface area contributed by atoms with Gasteiger partial charge in [-0.1, -0.05) is 73.7 Å². The molecule has 0 aliphatic heterocycles. The zero-order valence-electron chi connectivity index (χ0n) is 16.4. The van der Waals surface area contributed by atoms with Crippen LogP contribution in [0.4, 0.5) is 0 Å². The zero-order valence-corrected chi connectivity index (χ0v) is 17.2. The second-order valence-corrected chi connectivity index (χ2v) is 8.61. The van der Waals surface area contributed by atoms with E-state index in [4.69, 9.17) is 0 Å². The summed E-state index contributed by atoms with van der Waals surface area (Å²) >= 11 is 0. The van der Waals surface area contributed by atoms with Crippen LogP contribution in [-0.4, -0.2) is 20.9 Å². The van der Waals surface area contributed by atoms with Crippen molar-refractivity contribution in [2.45, 2.75) is 24.3 Å². The predicted molar refractivity (Wildman–Crippen MR) is 114 cm³/mol. The third-order valence-corrected chi connectivity index (χ3v) is 6.35. The van der Waals surface area contributed by atoms with Crippen LogP contribution in [0.25, 0.3) is 0 Å². The number of amides is 1. The first-order chi connectivity index (χ1) is 13.9. The van der Waals surface area contributed by atoms with E-state index in [2.05, 4.69) is 10.0 Å². The van der Waals surface area contributed by atoms with Gasteiger partial charge in [-0.2, -0.15) is 0 Å². The van der Waals surface area contributed by atoms with Gasteiger partial charge >= 0.3 is 0 Å². The van der Waals surface area contributed by atoms with Crippen molar-refractivity contribution in [2.24, 2.45) is 0 Å². The quantitative estimate of drug-likeness (QED) is 0.626. The number of carbonyl (C=O) groups excluding carboxylic acids is 1. The third kappa shape index (κ3) is 4.55. The molecule has 0 aromatic heterocycles. The largest absolute Gasteiger partial charge is 0.339 e. The Balaban J connectivity index is 1.99. The van der Waals surface area contributed by atoms with Gasteiger partial charge in [-0.25, -0.2) is 13.1 Å². The van der Waals surface area contributed by atoms with Crippen LogP contribution in [0.1, 0.15) is 35.3 Å². The minimum Gasteiger partial charge on any atom is -0.339 e. The van der Waals surface area contributed by atoms with E-state index in [1.807, 2.05) is 67.6 Å². The Morgan fingerprint density at radius 1 is 0.862 bits per heavy atom. The smallest absolute Gasteiger partial charge is 0.252 e. The molecule has 0 aliphatic rings. The first kappa shape index (κ1) is 20.8. The van der Waals surface area contributed by atoms with Gasteiger partial charge in [0.05, 0.1) is 10.4 Å². The predicted octanol–water partition coefficient (Wildman–Crippen LogP) is 3.68. The number of benzene rings is 3. The van der Waals surface area contributed by atoms with Crippen LogP contribution in [0.2, 0.25) is 0 Å². The Kier molecular flexibility index (Phi) is 6.15. The van der Waals surface area contributed by atoms with Crippen molar-refractivity contribution in [1.29, 1.82) is 0 Å². The molecule has 2 N–H and O–H groups in total. The Labute approximate surface area is 171 Å². The molecule has 0 bridgehead atoms. The molecule has 3 aromatic rings. The van der Waals surface area contributed by atoms with Crippen LogP contribution >= 0.6 is 0 Å². The summed E-state index contributed by atoms with van der Waals surface area (Å²) in [6.07, 6.45) is 0. The van der Waals surface area contributed by atoms with Crippen LogP contribution in [0, 0.1) is 0 Å². The highest BCUT2D eigenvalue weighted by Crippen LogP contribution is 2.29. The molecule has 1 amide bonds. The lowest BCUT2D eigenvalue weighted by molar-refractivity contribution is 0.0919. The van der Waals surface area contributed by atoms with Crippen molar-refractivity contribution in [3.8, 4) is 0 Å². The van der Waals surface area contributed by atoms with Gasteiger partial charge in [-0.3, -0.25) is 4.79 Å². The minimum absolute atomic E-state index is 0.0631. The SMILES string of the molecule is CCNS(=O)(=O)c1cccc(C(=O)NC(C)(c2ccccc2)c2ccccc2)c1. The molecule has 29 heavy (non-hydrogen) atoms. The Morgan fingerprint density at radius 3 is 1.93 bits per heavy atom. The van der Waals surface area contributed by atoms with E-state index in [1.165, 1.54) is 12.1 Å². The van der Waals surface area contributed by atoms with E-state index in [-0.39, 0.29) is 22.9 Å². The molecule has 0 fully saturated rings. The molecule has 0 radical (unpaired) electrons. The maximum Gasteiger partial charge on any atom is 0.252 e. The molecule has 0 aliphatic carbocycles. The van der Waals surface area contributed by atoms with Gasteiger partial charge in [0.2, 0.25) is 10.0 Å². The first-order valence-electron chi connectivity index (χ1n) is 9.40. The van der Waals surface area contributed by atoms with Gasteiger partial charge in [0, 0.05) is 12.1 Å². The summed E-state index contributed by atoms with van der Waals surface area (Å²) in [5, 5.41) is 3.10. The maximum absolute atomic E-state index is 13.1. The third-order valence-electron chi connectivity index (χ3n) is 4.81. The highest BCUT2D eigenvalue weighted by Gasteiger charge is 2.31. The molecule has 0 spiro atoms. The lowest BCUT2D eigenvalue weighted by atomic mass is 9.84. The first-order valence-corrected chi connectivity index (χ1v) is 10.9. The molecule has 5 nitrogen and oxygen atoms in total. The fourth-order valence-corrected chi connectivity index (χ4v) is 4.32. The van der Waals surface area contributed by atoms with Gasteiger partial charge in [0.15, 0.2) is 0 Å². The molecular formula is C23H24N2O3S. The summed E-state index contributed by atoms with van der Waals surface area (Å²) in [6, 6.07) is 25.4. The maximum atomic E-state index is 13.1. The van der Waals surface area contributed by atoms with Crippen LogP contribution in [-0.2, 0) is 15.6 Å². The Bertz CT molecular complexity index is 1040. The molecule has 6 heteroatoms. The standard InChI is InChI=1S/C23H24N2O3S/c1-3-24-29(27,28)21-16-10-11-18(17-21)22(26)25-23(2,19-12-6-4-7-13-19)20-14-8-5-9-15-20/h4-17,24H,3H2,1-2H3,(H,25,26). The van der Waals surface area contributed by atoms with Crippen molar-refractivity contribution in [2.75, 3.05) is 6.54 Å². The average molecular weight is 409 g/mol. The van der Waals surface area contributed by atoms with Crippen molar-refractivity contribution in [3.05, 3.63) is 102 Å². The summed E-state index contributed by atoms with van der Waals surface area (Å²) in [5.74, 6) is -0.353. The highest BCUT2D eigenvalue weighted by molar-refractivity contribution is 7.89. The Hall–Kier alpha value is -2.96. The van der Waals surface area contributed by atoms with E-state index >= 15 is 0 Å². The van der Waals surface area contributed by atoms with Crippen molar-refractivity contribution in [3.63, 3.8) is 0 Å². The second kappa shape index (κ2) is 8.59. The van der Waals surface area contributed by atoms with Crippen molar-refractivity contribution >= 4 is 15.9 Å². The lowest BCUT2D eigenvalue weighted by Gasteiger charge is -2.32. The van der Waals surface area contributed by atoms with E-state index in [0.29, 0.717) is 0 Å². The lowest BCUT2D eigenvalue weighted by Crippen LogP contribution is -2.44. The Morgan fingerprint density at radius 2 is 1.41 bits per heavy atom. The summed E-state index contributed by atoms with van der Waals surface area (Å²) < 4.78 is 27.0. The summed E-state index contributed by atoms with van der Waals surface area (Å²) in [7, 11) is -3.64. The molecule has 0 unspecified atom stereocenters. The van der Waals surface area contributed by atoms with Gasteiger partial charge in [-0.15, -0.1) is 0 Å². The molecule has 3 rings (SSSR count). The summed E-state index contributed by atoms with van der Waals surface area (Å²) in [6.45, 7) is 3.92. The number of hydrogen-bond acceptors (Lipinski definition) is 3. The van der Waals surface area contributed by atoms with Gasteiger partial charge < -0.3 is 5.32 Å². The summed E-state index contributed by atoms with van der Waals surface area (Å²) in [5.41, 5.74) is 1.35. The molecule has 0 saturated carbocycles. The van der Waals surface area contributed by atoms with Crippen molar-refractivity contribution in [1.82, 2.24) is 10.0 Å². The fourth-order valence-electron chi connectivity index (χ4n) is 3.23. The van der Waals surface area contributed by atoms with Crippen LogP contribution in [0.5, 0.6) is 0 Å². The van der Waals surface area contributed by atoms with Crippen LogP contribution < -0.4 is 10.0 Å². The topological polar surface area (TPSA) is 75.3 Å². The molecule has 0 atom stereocenters. The normalized spacial score (nSPS) is 11.8. The van der Waals surface area contributed by atoms with Gasteiger partial charge in [-0.05, 0) is 36.2 Å². The molecule has 0 saturated heterocycles. The monoisotopic (exact) mass is 408 g/mol. The highest BCUT2D eigenvalue weighted by atomic mass is 32.2. The van der Waals surface area contributed by atoms with Crippen LogP contribution in [0.3, 0.4) is 0 Å². The van der Waals surface area contributed by atoms with E-state index in [0.717, 1.165) is 11.1 Å². The number of hydrogen-bond donors (Lipinski definition) is 2. The number of carbonyl (C=O) groups is 1. The number of nitrogens with one attached hydrogen (secondary N) is 2. The number of sulfonamides is 1. The second-order valence-electron chi connectivity index (χ2n) is 6.84. The van der Waals surface area contributed by atoms with E-state index in [1.54, 1.807) is 19.1 Å². The minimum atomic E-state index is -3.64. The van der Waals surface area contributed by atoms with E-state index < -0.39 is 15.6 Å². The van der Waals surface area contributed by atoms with Gasteiger partial charge in [0.1, 0.15) is 0 Å². The molecule has 0 heterocycles. The van der Waals surface area contributed by atoms with Crippen molar-refractivity contribution < 1.29 is 13.2 Å². The zero-order chi connectivity index (χ0) is 20.9. The average Bonchev–Trinajstić information content (AvgIpc) is 2.75.